The molecule has 2 amide bonds. The van der Waals surface area contributed by atoms with Gasteiger partial charge in [-0.15, -0.1) is 22.0 Å². The van der Waals surface area contributed by atoms with Crippen LogP contribution in [0.4, 0.5) is 5.13 Å². The second-order valence-electron chi connectivity index (χ2n) is 6.67. The number of oxime groups is 1. The normalized spacial score (nSPS) is 19.7. The third-order valence-corrected chi connectivity index (χ3v) is 8.29. The van der Waals surface area contributed by atoms with Crippen LogP contribution in [0.3, 0.4) is 0 Å². The van der Waals surface area contributed by atoms with Crippen LogP contribution in [-0.2, 0) is 24.0 Å². The van der Waals surface area contributed by atoms with E-state index in [1.54, 1.807) is 5.51 Å². The number of β-lactam (4-membered cyclic amide) rings is 1. The third-order valence-electron chi connectivity index (χ3n) is 4.46. The molecule has 0 spiro atoms. The van der Waals surface area contributed by atoms with Crippen LogP contribution in [0.25, 0.3) is 0 Å². The molecule has 2 atom stereocenters. The highest BCUT2D eigenvalue weighted by Crippen LogP contribution is 2.41. The minimum Gasteiger partial charge on any atom is -0.479 e. The molecule has 1 fully saturated rings. The molecule has 1 saturated heterocycles. The molecule has 0 aromatic carbocycles. The van der Waals surface area contributed by atoms with Gasteiger partial charge in [0.15, 0.2) is 9.47 Å². The quantitative estimate of drug-likeness (QED) is 0.123. The number of hydrogen-bond donors (Lipinski definition) is 4. The van der Waals surface area contributed by atoms with Crippen molar-refractivity contribution >= 4 is 81.0 Å². The van der Waals surface area contributed by atoms with Gasteiger partial charge in [0.1, 0.15) is 22.6 Å². The highest BCUT2D eigenvalue weighted by molar-refractivity contribution is 8.01. The zero-order valence-corrected chi connectivity index (χ0v) is 20.4. The summed E-state index contributed by atoms with van der Waals surface area (Å²) in [5.41, 5.74) is 7.04. The maximum Gasteiger partial charge on any atom is 0.352 e. The molecule has 0 bridgehead atoms. The summed E-state index contributed by atoms with van der Waals surface area (Å²) < 4.78 is 4.53. The van der Waals surface area contributed by atoms with Gasteiger partial charge in [0.25, 0.3) is 11.8 Å². The summed E-state index contributed by atoms with van der Waals surface area (Å²) in [5.74, 6) is -3.69. The standard InChI is InChI=1S/C16H14N8O7S4/c17-15-20-10(23-35-15)7(22-31-1-6(25)26)11(27)19-8-12(28)24-9(14(29)30)5(2-32-13(8)24)3-33-16-21-18-4-34-16/h4,8,13H,1-3H2,(H,19,27)(H,25,26)(H,29,30)(H2,17,20,23)/b22-7-/t8?,13-/m1/s1. The molecule has 4 rings (SSSR count). The van der Waals surface area contributed by atoms with Gasteiger partial charge in [-0.1, -0.05) is 28.3 Å². The first-order valence-electron chi connectivity index (χ1n) is 9.37. The molecule has 0 radical (unpaired) electrons. The second-order valence-corrected chi connectivity index (χ2v) is 10.6. The number of anilines is 1. The minimum absolute atomic E-state index is 0.0302. The van der Waals surface area contributed by atoms with Gasteiger partial charge in [-0.2, -0.15) is 9.36 Å². The van der Waals surface area contributed by atoms with Crippen molar-refractivity contribution in [1.82, 2.24) is 29.8 Å². The maximum atomic E-state index is 12.9. The molecule has 5 N–H and O–H groups in total. The fourth-order valence-corrected chi connectivity index (χ4v) is 6.45. The number of carbonyl (C=O) groups is 4. The minimum atomic E-state index is -1.32. The lowest BCUT2D eigenvalue weighted by molar-refractivity contribution is -0.150. The van der Waals surface area contributed by atoms with Gasteiger partial charge in [-0.05, 0) is 5.57 Å². The van der Waals surface area contributed by atoms with Gasteiger partial charge in [0.05, 0.1) is 0 Å². The number of nitrogens with two attached hydrogens (primary N) is 1. The number of carboxylic acids is 2. The molecular formula is C16H14N8O7S4. The predicted molar refractivity (Wildman–Crippen MR) is 125 cm³/mol. The molecule has 1 unspecified atom stereocenters. The monoisotopic (exact) mass is 558 g/mol. The number of carboxylic acid groups (broad SMARTS) is 2. The van der Waals surface area contributed by atoms with Gasteiger partial charge in [0.2, 0.25) is 18.1 Å². The molecule has 19 heteroatoms. The van der Waals surface area contributed by atoms with Crippen LogP contribution in [0.1, 0.15) is 5.82 Å². The number of carbonyl (C=O) groups excluding carboxylic acids is 2. The number of nitrogens with one attached hydrogen (secondary N) is 1. The summed E-state index contributed by atoms with van der Waals surface area (Å²) in [6, 6.07) is -1.06. The van der Waals surface area contributed by atoms with Gasteiger partial charge < -0.3 is 26.1 Å². The Morgan fingerprint density at radius 2 is 2.17 bits per heavy atom. The van der Waals surface area contributed by atoms with Gasteiger partial charge in [-0.3, -0.25) is 14.5 Å². The molecule has 0 saturated carbocycles. The molecule has 35 heavy (non-hydrogen) atoms. The van der Waals surface area contributed by atoms with E-state index >= 15 is 0 Å². The Bertz CT molecular complexity index is 1230. The highest BCUT2D eigenvalue weighted by atomic mass is 32.2. The Hall–Kier alpha value is -3.29. The van der Waals surface area contributed by atoms with Crippen LogP contribution in [0, 0.1) is 0 Å². The van der Waals surface area contributed by atoms with E-state index < -0.39 is 47.5 Å². The van der Waals surface area contributed by atoms with Gasteiger partial charge >= 0.3 is 11.9 Å². The Morgan fingerprint density at radius 1 is 1.37 bits per heavy atom. The SMILES string of the molecule is Nc1nc(/C(=N/OCC(=O)O)C(=O)NC2C(=O)N3C(C(=O)O)=C(CSc4nncs4)CS[C@H]23)ns1. The van der Waals surface area contributed by atoms with E-state index in [9.17, 15) is 24.3 Å². The molecule has 4 heterocycles. The number of hydrogen-bond acceptors (Lipinski definition) is 15. The number of aliphatic carboxylic acids is 2. The van der Waals surface area contributed by atoms with Crippen molar-refractivity contribution in [2.75, 3.05) is 23.8 Å². The lowest BCUT2D eigenvalue weighted by Gasteiger charge is -2.49. The average Bonchev–Trinajstić information content (AvgIpc) is 3.49. The molecule has 184 valence electrons. The molecule has 2 aromatic rings. The van der Waals surface area contributed by atoms with Crippen LogP contribution in [0.5, 0.6) is 0 Å². The van der Waals surface area contributed by atoms with Crippen molar-refractivity contribution in [3.8, 4) is 0 Å². The summed E-state index contributed by atoms with van der Waals surface area (Å²) in [5, 5.41) is 31.5. The molecule has 2 aliphatic heterocycles. The Morgan fingerprint density at radius 3 is 2.80 bits per heavy atom. The summed E-state index contributed by atoms with van der Waals surface area (Å²) in [4.78, 5) is 58.0. The van der Waals surface area contributed by atoms with Crippen LogP contribution in [-0.4, -0.2) is 93.7 Å². The first-order valence-corrected chi connectivity index (χ1v) is 13.1. The van der Waals surface area contributed by atoms with E-state index in [4.69, 9.17) is 10.8 Å². The Balaban J connectivity index is 1.49. The van der Waals surface area contributed by atoms with E-state index in [1.807, 2.05) is 0 Å². The van der Waals surface area contributed by atoms with Crippen molar-refractivity contribution in [2.24, 2.45) is 5.16 Å². The molecule has 0 aliphatic carbocycles. The maximum absolute atomic E-state index is 12.9. The number of nitrogen functional groups attached to an aromatic ring is 1. The lowest BCUT2D eigenvalue weighted by Crippen LogP contribution is -2.71. The van der Waals surface area contributed by atoms with Crippen molar-refractivity contribution < 1.29 is 34.2 Å². The average molecular weight is 559 g/mol. The van der Waals surface area contributed by atoms with E-state index in [-0.39, 0.29) is 16.7 Å². The number of fused-ring (bicyclic) bond motifs is 1. The van der Waals surface area contributed by atoms with Crippen LogP contribution in [0.2, 0.25) is 0 Å². The molecule has 2 aliphatic rings. The Labute approximate surface area is 212 Å². The van der Waals surface area contributed by atoms with Crippen molar-refractivity contribution in [3.05, 3.63) is 22.6 Å². The van der Waals surface area contributed by atoms with Crippen LogP contribution in [0.15, 0.2) is 26.3 Å². The zero-order valence-electron chi connectivity index (χ0n) is 17.2. The highest BCUT2D eigenvalue weighted by Gasteiger charge is 2.54. The van der Waals surface area contributed by atoms with E-state index in [0.29, 0.717) is 21.4 Å². The van der Waals surface area contributed by atoms with E-state index in [2.05, 4.69) is 34.9 Å². The predicted octanol–water partition coefficient (Wildman–Crippen LogP) is -0.692. The van der Waals surface area contributed by atoms with Crippen LogP contribution < -0.4 is 11.1 Å². The summed E-state index contributed by atoms with van der Waals surface area (Å²) in [6.45, 7) is -0.824. The number of rotatable bonds is 10. The van der Waals surface area contributed by atoms with E-state index in [1.165, 1.54) is 34.9 Å². The molecule has 15 nitrogen and oxygen atoms in total. The zero-order chi connectivity index (χ0) is 25.1. The number of aromatic nitrogens is 4. The van der Waals surface area contributed by atoms with Gasteiger partial charge in [0, 0.05) is 23.0 Å². The fourth-order valence-electron chi connectivity index (χ4n) is 3.05. The molecular weight excluding hydrogens is 544 g/mol. The summed E-state index contributed by atoms with van der Waals surface area (Å²) in [7, 11) is 0. The Kier molecular flexibility index (Phi) is 7.48. The number of nitrogens with zero attached hydrogens (tertiary/aromatic N) is 6. The lowest BCUT2D eigenvalue weighted by atomic mass is 10.0. The topological polar surface area (TPSA) is 223 Å². The summed E-state index contributed by atoms with van der Waals surface area (Å²) in [6.07, 6.45) is 0. The second kappa shape index (κ2) is 10.5. The van der Waals surface area contributed by atoms with Gasteiger partial charge in [-0.25, -0.2) is 9.59 Å². The fraction of sp³-hybridized carbons (Fsp3) is 0.312. The third kappa shape index (κ3) is 5.36. The number of amides is 2. The van der Waals surface area contributed by atoms with Crippen molar-refractivity contribution in [2.45, 2.75) is 15.8 Å². The first kappa shape index (κ1) is 24.8. The van der Waals surface area contributed by atoms with Crippen molar-refractivity contribution in [3.63, 3.8) is 0 Å². The smallest absolute Gasteiger partial charge is 0.352 e. The largest absolute Gasteiger partial charge is 0.479 e. The van der Waals surface area contributed by atoms with Crippen molar-refractivity contribution in [1.29, 1.82) is 0 Å². The van der Waals surface area contributed by atoms with E-state index in [0.717, 1.165) is 16.4 Å². The van der Waals surface area contributed by atoms with Crippen LogP contribution >= 0.6 is 46.4 Å². The molecule has 2 aromatic heterocycles. The first-order chi connectivity index (χ1) is 16.8. The summed E-state index contributed by atoms with van der Waals surface area (Å²) >= 11 is 4.70. The number of thioether (sulfide) groups is 2.